The molecule has 0 spiro atoms. The Morgan fingerprint density at radius 2 is 1.94 bits per heavy atom. The monoisotopic (exact) mass is 282 g/mol. The normalized spacial score (nSPS) is 39.6. The molecule has 0 saturated carbocycles. The Hall–Kier alpha value is -0.0900. The maximum atomic E-state index is 11.1. The second kappa shape index (κ2) is 5.49. The van der Waals surface area contributed by atoms with Crippen LogP contribution in [0.15, 0.2) is 0 Å². The Balaban J connectivity index is 2.12. The van der Waals surface area contributed by atoms with Gasteiger partial charge in [0, 0.05) is 14.2 Å². The maximum Gasteiger partial charge on any atom is 0.305 e. The number of hydrogen-bond donors (Lipinski definition) is 0. The molecule has 2 fully saturated rings. The minimum Gasteiger partial charge on any atom is -0.353 e. The van der Waals surface area contributed by atoms with Crippen LogP contribution in [0.3, 0.4) is 0 Å². The molecule has 0 radical (unpaired) electrons. The molecular formula is C10H18O7S. The lowest BCUT2D eigenvalue weighted by molar-refractivity contribution is -0.202. The van der Waals surface area contributed by atoms with E-state index in [1.165, 1.54) is 14.2 Å². The fraction of sp³-hybridized carbons (Fsp3) is 1.00. The van der Waals surface area contributed by atoms with Gasteiger partial charge in [-0.1, -0.05) is 0 Å². The summed E-state index contributed by atoms with van der Waals surface area (Å²) in [7, 11) is 3.04. The van der Waals surface area contributed by atoms with Crippen LogP contribution in [0.1, 0.15) is 13.8 Å². The average molecular weight is 282 g/mol. The number of methoxy groups -OCH3 is 2. The van der Waals surface area contributed by atoms with E-state index in [0.29, 0.717) is 0 Å². The van der Waals surface area contributed by atoms with E-state index in [1.807, 2.05) is 0 Å². The van der Waals surface area contributed by atoms with Crippen molar-refractivity contribution >= 4 is 11.4 Å². The second-order valence-corrected chi connectivity index (χ2v) is 5.36. The summed E-state index contributed by atoms with van der Waals surface area (Å²) < 4.78 is 43.0. The molecule has 2 aliphatic rings. The van der Waals surface area contributed by atoms with Crippen LogP contribution in [0.5, 0.6) is 0 Å². The molecule has 0 aromatic heterocycles. The van der Waals surface area contributed by atoms with E-state index in [2.05, 4.69) is 0 Å². The van der Waals surface area contributed by atoms with Gasteiger partial charge >= 0.3 is 11.4 Å². The maximum absolute atomic E-state index is 11.1. The molecule has 18 heavy (non-hydrogen) atoms. The molecule has 7 nitrogen and oxygen atoms in total. The van der Waals surface area contributed by atoms with Gasteiger partial charge in [0.15, 0.2) is 12.1 Å². The summed E-state index contributed by atoms with van der Waals surface area (Å²) in [6, 6.07) is 0. The van der Waals surface area contributed by atoms with Gasteiger partial charge in [-0.05, 0) is 13.8 Å². The lowest BCUT2D eigenvalue weighted by Gasteiger charge is -2.25. The molecule has 0 aliphatic carbocycles. The molecule has 106 valence electrons. The van der Waals surface area contributed by atoms with Gasteiger partial charge in [-0.2, -0.15) is 4.21 Å². The molecule has 1 unspecified atom stereocenters. The highest BCUT2D eigenvalue weighted by molar-refractivity contribution is 7.75. The minimum atomic E-state index is -1.72. The van der Waals surface area contributed by atoms with E-state index in [9.17, 15) is 4.21 Å². The van der Waals surface area contributed by atoms with E-state index < -0.39 is 41.8 Å². The van der Waals surface area contributed by atoms with Gasteiger partial charge in [0.1, 0.15) is 18.3 Å². The van der Waals surface area contributed by atoms with Gasteiger partial charge in [-0.3, -0.25) is 8.37 Å². The molecule has 2 rings (SSSR count). The Bertz CT molecular complexity index is 317. The van der Waals surface area contributed by atoms with Crippen LogP contribution in [0.2, 0.25) is 0 Å². The Morgan fingerprint density at radius 3 is 2.44 bits per heavy atom. The standard InChI is InChI=1S/C10H18O7S/c1-10(2)15-7(6-5-14-18(11)17-6)8(16-10)9(12-3)13-4/h6-9H,5H2,1-4H3/t6-,7+,8-,18?/m1/s1. The first kappa shape index (κ1) is 14.3. The van der Waals surface area contributed by atoms with Crippen LogP contribution in [0.25, 0.3) is 0 Å². The highest BCUT2D eigenvalue weighted by atomic mass is 32.2. The topological polar surface area (TPSA) is 72.5 Å². The summed E-state index contributed by atoms with van der Waals surface area (Å²) in [6.45, 7) is 3.76. The highest BCUT2D eigenvalue weighted by Gasteiger charge is 2.51. The van der Waals surface area contributed by atoms with Crippen molar-refractivity contribution in [3.8, 4) is 0 Å². The number of hydrogen-bond acceptors (Lipinski definition) is 7. The first-order chi connectivity index (χ1) is 8.46. The highest BCUT2D eigenvalue weighted by Crippen LogP contribution is 2.35. The summed E-state index contributed by atoms with van der Waals surface area (Å²) in [5.74, 6) is -0.780. The molecule has 0 N–H and O–H groups in total. The Morgan fingerprint density at radius 1 is 1.28 bits per heavy atom. The van der Waals surface area contributed by atoms with E-state index in [1.54, 1.807) is 13.8 Å². The number of ether oxygens (including phenoxy) is 4. The van der Waals surface area contributed by atoms with E-state index in [4.69, 9.17) is 27.3 Å². The van der Waals surface area contributed by atoms with Gasteiger partial charge in [0.25, 0.3) is 0 Å². The zero-order valence-electron chi connectivity index (χ0n) is 10.8. The van der Waals surface area contributed by atoms with Crippen molar-refractivity contribution in [2.75, 3.05) is 20.8 Å². The SMILES string of the molecule is COC(OC)[C@@H]1OC(C)(C)O[C@H]1[C@H]1COS(=O)O1. The lowest BCUT2D eigenvalue weighted by Crippen LogP contribution is -2.44. The molecule has 4 atom stereocenters. The lowest BCUT2D eigenvalue weighted by atomic mass is 10.1. The largest absolute Gasteiger partial charge is 0.353 e. The second-order valence-electron chi connectivity index (χ2n) is 4.53. The van der Waals surface area contributed by atoms with Crippen LogP contribution in [-0.2, 0) is 38.7 Å². The van der Waals surface area contributed by atoms with E-state index in [-0.39, 0.29) is 6.61 Å². The molecule has 0 aromatic carbocycles. The predicted octanol–water partition coefficient (Wildman–Crippen LogP) is 0.119. The van der Waals surface area contributed by atoms with Gasteiger partial charge in [0.2, 0.25) is 0 Å². The summed E-state index contributed by atoms with van der Waals surface area (Å²) in [4.78, 5) is 0. The molecule has 2 aliphatic heterocycles. The van der Waals surface area contributed by atoms with Gasteiger partial charge < -0.3 is 18.9 Å². The summed E-state index contributed by atoms with van der Waals surface area (Å²) >= 11 is -1.72. The van der Waals surface area contributed by atoms with Crippen molar-refractivity contribution in [3.63, 3.8) is 0 Å². The smallest absolute Gasteiger partial charge is 0.305 e. The van der Waals surface area contributed by atoms with Gasteiger partial charge in [-0.15, -0.1) is 0 Å². The molecule has 2 saturated heterocycles. The van der Waals surface area contributed by atoms with Crippen LogP contribution in [-0.4, -0.2) is 55.4 Å². The van der Waals surface area contributed by atoms with Crippen molar-refractivity contribution in [1.82, 2.24) is 0 Å². The van der Waals surface area contributed by atoms with Gasteiger partial charge in [0.05, 0.1) is 6.61 Å². The third-order valence-corrected chi connectivity index (χ3v) is 3.53. The summed E-state index contributed by atoms with van der Waals surface area (Å²) in [6.07, 6.45) is -1.99. The van der Waals surface area contributed by atoms with Crippen molar-refractivity contribution in [3.05, 3.63) is 0 Å². The molecule has 8 heteroatoms. The van der Waals surface area contributed by atoms with Gasteiger partial charge in [-0.25, -0.2) is 0 Å². The third-order valence-electron chi connectivity index (χ3n) is 2.79. The predicted molar refractivity (Wildman–Crippen MR) is 60.6 cm³/mol. The average Bonchev–Trinajstić information content (AvgIpc) is 2.84. The molecule has 0 bridgehead atoms. The fourth-order valence-corrected chi connectivity index (χ4v) is 2.78. The van der Waals surface area contributed by atoms with Crippen LogP contribution >= 0.6 is 0 Å². The first-order valence-electron chi connectivity index (χ1n) is 5.60. The molecular weight excluding hydrogens is 264 g/mol. The van der Waals surface area contributed by atoms with E-state index in [0.717, 1.165) is 0 Å². The van der Waals surface area contributed by atoms with Crippen LogP contribution < -0.4 is 0 Å². The quantitative estimate of drug-likeness (QED) is 0.678. The van der Waals surface area contributed by atoms with Crippen molar-refractivity contribution < 1.29 is 31.5 Å². The zero-order chi connectivity index (χ0) is 13.3. The number of rotatable bonds is 4. The summed E-state index contributed by atoms with van der Waals surface area (Å²) in [5, 5.41) is 0. The van der Waals surface area contributed by atoms with E-state index >= 15 is 0 Å². The minimum absolute atomic E-state index is 0.188. The summed E-state index contributed by atoms with van der Waals surface area (Å²) in [5.41, 5.74) is 0. The third kappa shape index (κ3) is 2.90. The van der Waals surface area contributed by atoms with Crippen molar-refractivity contribution in [2.24, 2.45) is 0 Å². The molecule has 0 amide bonds. The Labute approximate surface area is 108 Å². The first-order valence-corrected chi connectivity index (χ1v) is 6.60. The molecule has 2 heterocycles. The Kier molecular flexibility index (Phi) is 4.37. The van der Waals surface area contributed by atoms with Crippen LogP contribution in [0, 0.1) is 0 Å². The van der Waals surface area contributed by atoms with Crippen molar-refractivity contribution in [1.29, 1.82) is 0 Å². The van der Waals surface area contributed by atoms with Crippen molar-refractivity contribution in [2.45, 2.75) is 44.2 Å². The van der Waals surface area contributed by atoms with Crippen LogP contribution in [0.4, 0.5) is 0 Å². The molecule has 0 aromatic rings. The zero-order valence-corrected chi connectivity index (χ0v) is 11.6. The fourth-order valence-electron chi connectivity index (χ4n) is 2.11.